The number of halogens is 1. The molecule has 5 nitrogen and oxygen atoms in total. The van der Waals surface area contributed by atoms with E-state index in [4.69, 9.17) is 22.1 Å². The van der Waals surface area contributed by atoms with Crippen LogP contribution in [-0.4, -0.2) is 23.1 Å². The van der Waals surface area contributed by atoms with E-state index in [9.17, 15) is 0 Å². The van der Waals surface area contributed by atoms with Gasteiger partial charge in [-0.1, -0.05) is 11.6 Å². The van der Waals surface area contributed by atoms with Crippen molar-refractivity contribution < 1.29 is 0 Å². The topological polar surface area (TPSA) is 76.6 Å². The van der Waals surface area contributed by atoms with Gasteiger partial charge in [-0.25, -0.2) is 9.97 Å². The van der Waals surface area contributed by atoms with Crippen LogP contribution >= 0.6 is 11.6 Å². The summed E-state index contributed by atoms with van der Waals surface area (Å²) in [6.07, 6.45) is 1.29. The van der Waals surface area contributed by atoms with Crippen molar-refractivity contribution in [2.24, 2.45) is 0 Å². The van der Waals surface area contributed by atoms with Gasteiger partial charge in [0, 0.05) is 6.07 Å². The molecule has 0 saturated heterocycles. The Labute approximate surface area is 86.2 Å². The zero-order valence-electron chi connectivity index (χ0n) is 7.18. The zero-order valence-corrected chi connectivity index (χ0v) is 7.94. The van der Waals surface area contributed by atoms with E-state index in [0.717, 1.165) is 0 Å². The van der Waals surface area contributed by atoms with Crippen molar-refractivity contribution in [2.45, 2.75) is 0 Å². The Morgan fingerprint density at radius 2 is 1.93 bits per heavy atom. The highest BCUT2D eigenvalue weighted by Gasteiger charge is 2.06. The van der Waals surface area contributed by atoms with Crippen LogP contribution in [0.1, 0.15) is 0 Å². The number of nitriles is 2. The van der Waals surface area contributed by atoms with Crippen molar-refractivity contribution >= 4 is 17.4 Å². The van der Waals surface area contributed by atoms with Crippen molar-refractivity contribution in [1.82, 2.24) is 9.97 Å². The van der Waals surface area contributed by atoms with Crippen molar-refractivity contribution in [3.05, 3.63) is 17.5 Å². The highest BCUT2D eigenvalue weighted by Crippen LogP contribution is 2.12. The number of hydrogen-bond donors (Lipinski definition) is 0. The smallest absolute Gasteiger partial charge is 0.135 e. The van der Waals surface area contributed by atoms with Crippen molar-refractivity contribution in [1.29, 1.82) is 10.5 Å². The lowest BCUT2D eigenvalue weighted by atomic mass is 10.4. The van der Waals surface area contributed by atoms with E-state index in [1.807, 2.05) is 12.1 Å². The first-order valence-electron chi connectivity index (χ1n) is 3.74. The third-order valence-corrected chi connectivity index (χ3v) is 1.67. The molecule has 1 aromatic rings. The third-order valence-electron chi connectivity index (χ3n) is 1.47. The molecule has 0 aliphatic heterocycles. The maximum Gasteiger partial charge on any atom is 0.135 e. The maximum absolute atomic E-state index is 8.52. The molecule has 0 atom stereocenters. The summed E-state index contributed by atoms with van der Waals surface area (Å²) in [5, 5.41) is 17.3. The summed E-state index contributed by atoms with van der Waals surface area (Å²) < 4.78 is 0. The van der Waals surface area contributed by atoms with E-state index in [2.05, 4.69) is 9.97 Å². The summed E-state index contributed by atoms with van der Waals surface area (Å²) in [7, 11) is 0. The van der Waals surface area contributed by atoms with Gasteiger partial charge in [0.15, 0.2) is 0 Å². The van der Waals surface area contributed by atoms with Gasteiger partial charge >= 0.3 is 0 Å². The Hall–Kier alpha value is -1.85. The molecule has 1 rings (SSSR count). The predicted octanol–water partition coefficient (Wildman–Crippen LogP) is 0.984. The van der Waals surface area contributed by atoms with Gasteiger partial charge in [0.2, 0.25) is 0 Å². The van der Waals surface area contributed by atoms with Gasteiger partial charge in [0.05, 0.1) is 12.1 Å². The minimum absolute atomic E-state index is 0.0981. The second-order valence-corrected chi connectivity index (χ2v) is 2.76. The predicted molar refractivity (Wildman–Crippen MR) is 50.5 cm³/mol. The molecular weight excluding hydrogens is 202 g/mol. The molecule has 1 heterocycles. The molecule has 1 aromatic heterocycles. The normalized spacial score (nSPS) is 8.79. The first-order chi connectivity index (χ1) is 6.77. The Balaban J connectivity index is 2.89. The number of anilines is 1. The van der Waals surface area contributed by atoms with Crippen LogP contribution in [0.4, 0.5) is 5.82 Å². The van der Waals surface area contributed by atoms with Gasteiger partial charge in [-0.05, 0) is 0 Å². The summed E-state index contributed by atoms with van der Waals surface area (Å²) in [5.74, 6) is 0.480. The van der Waals surface area contributed by atoms with Gasteiger partial charge < -0.3 is 4.90 Å². The Morgan fingerprint density at radius 3 is 2.43 bits per heavy atom. The fourth-order valence-electron chi connectivity index (χ4n) is 0.886. The van der Waals surface area contributed by atoms with E-state index >= 15 is 0 Å². The molecule has 0 saturated carbocycles. The van der Waals surface area contributed by atoms with E-state index in [0.29, 0.717) is 5.82 Å². The van der Waals surface area contributed by atoms with Crippen LogP contribution in [0.5, 0.6) is 0 Å². The summed E-state index contributed by atoms with van der Waals surface area (Å²) in [4.78, 5) is 9.12. The molecule has 70 valence electrons. The number of aromatic nitrogens is 2. The second-order valence-electron chi connectivity index (χ2n) is 2.37. The fraction of sp³-hybridized carbons (Fsp3) is 0.250. The molecule has 6 heteroatoms. The van der Waals surface area contributed by atoms with Gasteiger partial charge in [0.25, 0.3) is 0 Å². The van der Waals surface area contributed by atoms with E-state index < -0.39 is 0 Å². The van der Waals surface area contributed by atoms with Gasteiger partial charge in [-0.3, -0.25) is 0 Å². The lowest BCUT2D eigenvalue weighted by Gasteiger charge is -2.15. The molecule has 0 N–H and O–H groups in total. The van der Waals surface area contributed by atoms with Crippen LogP contribution < -0.4 is 4.90 Å². The number of nitrogens with zero attached hydrogens (tertiary/aromatic N) is 5. The summed E-state index contributed by atoms with van der Waals surface area (Å²) in [6.45, 7) is 0.196. The average Bonchev–Trinajstić information content (AvgIpc) is 2.17. The summed E-state index contributed by atoms with van der Waals surface area (Å²) >= 11 is 5.65. The molecule has 0 unspecified atom stereocenters. The number of rotatable bonds is 3. The zero-order chi connectivity index (χ0) is 10.4. The highest BCUT2D eigenvalue weighted by atomic mass is 35.5. The molecule has 0 bridgehead atoms. The molecule has 14 heavy (non-hydrogen) atoms. The standard InChI is InChI=1S/C8H6ClN5/c9-7-5-8(13-6-12-7)14(3-1-10)4-2-11/h5-6H,3-4H2. The van der Waals surface area contributed by atoms with Crippen molar-refractivity contribution in [3.8, 4) is 12.1 Å². The second kappa shape index (κ2) is 5.00. The first kappa shape index (κ1) is 10.2. The average molecular weight is 208 g/mol. The van der Waals surface area contributed by atoms with E-state index in [1.165, 1.54) is 17.3 Å². The molecule has 0 fully saturated rings. The minimum Gasteiger partial charge on any atom is -0.330 e. The highest BCUT2D eigenvalue weighted by molar-refractivity contribution is 6.29. The molecule has 0 spiro atoms. The van der Waals surface area contributed by atoms with Gasteiger partial charge in [-0.2, -0.15) is 10.5 Å². The SMILES string of the molecule is N#CCN(CC#N)c1cc(Cl)ncn1. The molecular formula is C8H6ClN5. The Bertz CT molecular complexity index is 375. The maximum atomic E-state index is 8.52. The largest absolute Gasteiger partial charge is 0.330 e. The summed E-state index contributed by atoms with van der Waals surface area (Å²) in [5.41, 5.74) is 0. The quantitative estimate of drug-likeness (QED) is 0.546. The van der Waals surface area contributed by atoms with Crippen molar-refractivity contribution in [2.75, 3.05) is 18.0 Å². The monoisotopic (exact) mass is 207 g/mol. The lowest BCUT2D eigenvalue weighted by Crippen LogP contribution is -2.24. The first-order valence-corrected chi connectivity index (χ1v) is 4.12. The Morgan fingerprint density at radius 1 is 1.29 bits per heavy atom. The molecule has 0 radical (unpaired) electrons. The van der Waals surface area contributed by atoms with Gasteiger partial charge in [0.1, 0.15) is 30.4 Å². The van der Waals surface area contributed by atoms with Crippen LogP contribution in [0.25, 0.3) is 0 Å². The Kier molecular flexibility index (Phi) is 3.66. The van der Waals surface area contributed by atoms with Crippen LogP contribution in [0.3, 0.4) is 0 Å². The number of hydrogen-bond acceptors (Lipinski definition) is 5. The molecule has 0 aliphatic carbocycles. The molecule has 0 amide bonds. The van der Waals surface area contributed by atoms with Crippen molar-refractivity contribution in [3.63, 3.8) is 0 Å². The van der Waals surface area contributed by atoms with Crippen LogP contribution in [0.2, 0.25) is 5.15 Å². The van der Waals surface area contributed by atoms with E-state index in [1.54, 1.807) is 0 Å². The molecule has 0 aliphatic rings. The fourth-order valence-corrected chi connectivity index (χ4v) is 1.03. The van der Waals surface area contributed by atoms with E-state index in [-0.39, 0.29) is 18.2 Å². The van der Waals surface area contributed by atoms with Crippen LogP contribution in [0, 0.1) is 22.7 Å². The summed E-state index contributed by atoms with van der Waals surface area (Å²) in [6, 6.07) is 5.39. The minimum atomic E-state index is 0.0981. The van der Waals surface area contributed by atoms with Crippen LogP contribution in [0.15, 0.2) is 12.4 Å². The lowest BCUT2D eigenvalue weighted by molar-refractivity contribution is 0.926. The van der Waals surface area contributed by atoms with Gasteiger partial charge in [-0.15, -0.1) is 0 Å². The molecule has 0 aromatic carbocycles. The van der Waals surface area contributed by atoms with Crippen LogP contribution in [-0.2, 0) is 0 Å². The third kappa shape index (κ3) is 2.58.